The number of hydrogen-bond acceptors (Lipinski definition) is 0. The maximum Gasteiger partial charge on any atom is -0.0352 e. The van der Waals surface area contributed by atoms with Crippen LogP contribution in [-0.2, 0) is 0 Å². The van der Waals surface area contributed by atoms with Crippen molar-refractivity contribution in [3.8, 4) is 0 Å². The fraction of sp³-hybridized carbons (Fsp3) is 1.00. The Hall–Kier alpha value is 0. The Bertz CT molecular complexity index is 532. The summed E-state index contributed by atoms with van der Waals surface area (Å²) < 4.78 is 0. The lowest BCUT2D eigenvalue weighted by Crippen LogP contribution is -2.41. The van der Waals surface area contributed by atoms with Gasteiger partial charge in [-0.3, -0.25) is 0 Å². The summed E-state index contributed by atoms with van der Waals surface area (Å²) >= 11 is 0. The molecule has 38 heavy (non-hydrogen) atoms. The molecule has 0 heteroatoms. The van der Waals surface area contributed by atoms with Gasteiger partial charge in [0.25, 0.3) is 0 Å². The number of rotatable bonds is 20. The lowest BCUT2D eigenvalue weighted by molar-refractivity contribution is 0.00117. The SMILES string of the molecule is CCCCCCCC1CC(C(CCC)CCC)CC(C(CC(C)C(CCC)CCC)C2CCCCC2)C1C. The minimum atomic E-state index is 0.920. The normalized spacial score (nSPS) is 26.8. The summed E-state index contributed by atoms with van der Waals surface area (Å²) in [7, 11) is 0. The fourth-order valence-electron chi connectivity index (χ4n) is 9.67. The van der Waals surface area contributed by atoms with E-state index in [0.717, 1.165) is 53.3 Å². The average molecular weight is 531 g/mol. The Morgan fingerprint density at radius 1 is 0.632 bits per heavy atom. The van der Waals surface area contributed by atoms with E-state index in [1.54, 1.807) is 32.1 Å². The van der Waals surface area contributed by atoms with Gasteiger partial charge < -0.3 is 0 Å². The Morgan fingerprint density at radius 2 is 1.24 bits per heavy atom. The van der Waals surface area contributed by atoms with Crippen LogP contribution in [0.3, 0.4) is 0 Å². The third kappa shape index (κ3) is 11.1. The minimum absolute atomic E-state index is 0.920. The zero-order valence-electron chi connectivity index (χ0n) is 27.8. The molecule has 0 aromatic carbocycles. The molecule has 0 bridgehead atoms. The molecule has 6 atom stereocenters. The first kappa shape index (κ1) is 34.2. The van der Waals surface area contributed by atoms with Gasteiger partial charge in [-0.25, -0.2) is 0 Å². The smallest absolute Gasteiger partial charge is 0.0352 e. The van der Waals surface area contributed by atoms with E-state index in [1.807, 2.05) is 0 Å². The second-order valence-electron chi connectivity index (χ2n) is 14.7. The first-order valence-electron chi connectivity index (χ1n) is 18.5. The molecule has 2 fully saturated rings. The van der Waals surface area contributed by atoms with Crippen molar-refractivity contribution in [1.29, 1.82) is 0 Å². The fourth-order valence-corrected chi connectivity index (χ4v) is 9.67. The zero-order valence-corrected chi connectivity index (χ0v) is 27.8. The first-order valence-corrected chi connectivity index (χ1v) is 18.5. The second-order valence-corrected chi connectivity index (χ2v) is 14.7. The lowest BCUT2D eigenvalue weighted by Gasteiger charge is -2.49. The Kier molecular flexibility index (Phi) is 18.0. The van der Waals surface area contributed by atoms with E-state index in [1.165, 1.54) is 109 Å². The predicted molar refractivity (Wildman–Crippen MR) is 173 cm³/mol. The summed E-state index contributed by atoms with van der Waals surface area (Å²) in [6.45, 7) is 17.5. The summed E-state index contributed by atoms with van der Waals surface area (Å²) in [5.41, 5.74) is 0. The summed E-state index contributed by atoms with van der Waals surface area (Å²) in [5, 5.41) is 0. The maximum absolute atomic E-state index is 2.75. The molecular formula is C38H74. The topological polar surface area (TPSA) is 0 Å². The van der Waals surface area contributed by atoms with Gasteiger partial charge in [0.1, 0.15) is 0 Å². The van der Waals surface area contributed by atoms with E-state index < -0.39 is 0 Å². The average Bonchev–Trinajstić information content (AvgIpc) is 2.92. The van der Waals surface area contributed by atoms with E-state index in [9.17, 15) is 0 Å². The molecule has 2 rings (SSSR count). The van der Waals surface area contributed by atoms with Crippen molar-refractivity contribution in [3.63, 3.8) is 0 Å². The largest absolute Gasteiger partial charge is 0.0654 e. The Morgan fingerprint density at radius 3 is 1.82 bits per heavy atom. The predicted octanol–water partition coefficient (Wildman–Crippen LogP) is 13.3. The Balaban J connectivity index is 2.29. The minimum Gasteiger partial charge on any atom is -0.0654 e. The summed E-state index contributed by atoms with van der Waals surface area (Å²) in [5.74, 6) is 8.89. The third-order valence-corrected chi connectivity index (χ3v) is 11.8. The van der Waals surface area contributed by atoms with Crippen molar-refractivity contribution >= 4 is 0 Å². The van der Waals surface area contributed by atoms with E-state index in [2.05, 4.69) is 48.5 Å². The van der Waals surface area contributed by atoms with Crippen molar-refractivity contribution in [2.75, 3.05) is 0 Å². The summed E-state index contributed by atoms with van der Waals surface area (Å²) in [6.07, 6.45) is 32.6. The van der Waals surface area contributed by atoms with Crippen molar-refractivity contribution < 1.29 is 0 Å². The zero-order chi connectivity index (χ0) is 27.8. The van der Waals surface area contributed by atoms with Gasteiger partial charge in [0, 0.05) is 0 Å². The first-order chi connectivity index (χ1) is 18.5. The highest BCUT2D eigenvalue weighted by molar-refractivity contribution is 4.93. The molecule has 0 saturated heterocycles. The molecule has 6 unspecified atom stereocenters. The van der Waals surface area contributed by atoms with Crippen molar-refractivity contribution in [2.45, 2.75) is 190 Å². The van der Waals surface area contributed by atoms with E-state index >= 15 is 0 Å². The molecule has 0 aliphatic heterocycles. The molecule has 0 aromatic heterocycles. The lowest BCUT2D eigenvalue weighted by atomic mass is 9.56. The molecule has 2 aliphatic rings. The third-order valence-electron chi connectivity index (χ3n) is 11.8. The van der Waals surface area contributed by atoms with Crippen molar-refractivity contribution in [3.05, 3.63) is 0 Å². The number of unbranched alkanes of at least 4 members (excludes halogenated alkanes) is 4. The molecule has 0 N–H and O–H groups in total. The van der Waals surface area contributed by atoms with Crippen LogP contribution in [0, 0.1) is 53.3 Å². The van der Waals surface area contributed by atoms with Crippen LogP contribution in [0.25, 0.3) is 0 Å². The highest BCUT2D eigenvalue weighted by Gasteiger charge is 2.43. The van der Waals surface area contributed by atoms with Crippen molar-refractivity contribution in [2.24, 2.45) is 53.3 Å². The molecule has 0 heterocycles. The molecule has 0 amide bonds. The monoisotopic (exact) mass is 531 g/mol. The maximum atomic E-state index is 2.75. The van der Waals surface area contributed by atoms with Crippen molar-refractivity contribution in [1.82, 2.24) is 0 Å². The van der Waals surface area contributed by atoms with Crippen LogP contribution in [-0.4, -0.2) is 0 Å². The molecule has 0 nitrogen and oxygen atoms in total. The van der Waals surface area contributed by atoms with E-state index in [0.29, 0.717) is 0 Å². The summed E-state index contributed by atoms with van der Waals surface area (Å²) in [6, 6.07) is 0. The van der Waals surface area contributed by atoms with Crippen LogP contribution >= 0.6 is 0 Å². The van der Waals surface area contributed by atoms with Gasteiger partial charge in [-0.05, 0) is 72.5 Å². The van der Waals surface area contributed by atoms with Crippen LogP contribution in [0.5, 0.6) is 0 Å². The molecule has 0 spiro atoms. The summed E-state index contributed by atoms with van der Waals surface area (Å²) in [4.78, 5) is 0. The highest BCUT2D eigenvalue weighted by Crippen LogP contribution is 2.52. The van der Waals surface area contributed by atoms with Gasteiger partial charge in [-0.15, -0.1) is 0 Å². The van der Waals surface area contributed by atoms with Gasteiger partial charge in [-0.1, -0.05) is 170 Å². The van der Waals surface area contributed by atoms with Crippen LogP contribution in [0.1, 0.15) is 190 Å². The Labute approximate surface area is 242 Å². The quantitative estimate of drug-likeness (QED) is 0.137. The molecule has 226 valence electrons. The molecule has 0 radical (unpaired) electrons. The second kappa shape index (κ2) is 20.0. The molecule has 2 saturated carbocycles. The molecular weight excluding hydrogens is 456 g/mol. The van der Waals surface area contributed by atoms with E-state index in [4.69, 9.17) is 0 Å². The van der Waals surface area contributed by atoms with Gasteiger partial charge in [0.05, 0.1) is 0 Å². The van der Waals surface area contributed by atoms with Gasteiger partial charge in [0.2, 0.25) is 0 Å². The standard InChI is InChI=1S/C38H74/c1-8-13-14-15-17-26-35-28-36(33(22-11-4)23-12-5)29-37(31(35)7)38(34-24-18-16-19-25-34)27-30(6)32(20-9-2)21-10-3/h30-38H,8-29H2,1-7H3. The highest BCUT2D eigenvalue weighted by atomic mass is 14.5. The molecule has 2 aliphatic carbocycles. The number of hydrogen-bond donors (Lipinski definition) is 0. The van der Waals surface area contributed by atoms with Gasteiger partial charge in [-0.2, -0.15) is 0 Å². The van der Waals surface area contributed by atoms with Crippen LogP contribution in [0.4, 0.5) is 0 Å². The van der Waals surface area contributed by atoms with Gasteiger partial charge in [0.15, 0.2) is 0 Å². The van der Waals surface area contributed by atoms with Crippen LogP contribution < -0.4 is 0 Å². The van der Waals surface area contributed by atoms with E-state index in [-0.39, 0.29) is 0 Å². The molecule has 0 aromatic rings. The van der Waals surface area contributed by atoms with Gasteiger partial charge >= 0.3 is 0 Å². The van der Waals surface area contributed by atoms with Crippen LogP contribution in [0.15, 0.2) is 0 Å². The van der Waals surface area contributed by atoms with Crippen LogP contribution in [0.2, 0.25) is 0 Å².